The molecule has 0 aliphatic carbocycles. The molecule has 2 aromatic carbocycles. The van der Waals surface area contributed by atoms with Crippen molar-refractivity contribution in [2.45, 2.75) is 13.8 Å². The Balaban J connectivity index is 0.000000774. The summed E-state index contributed by atoms with van der Waals surface area (Å²) in [7, 11) is 1.80. The molecule has 21 heavy (non-hydrogen) atoms. The molecular formula is C18H20N2O. The summed E-state index contributed by atoms with van der Waals surface area (Å²) in [6, 6.07) is 17.9. The predicted octanol–water partition coefficient (Wildman–Crippen LogP) is 3.53. The third-order valence-corrected chi connectivity index (χ3v) is 3.31. The molecule has 0 radical (unpaired) electrons. The third-order valence-electron chi connectivity index (χ3n) is 3.31. The highest BCUT2D eigenvalue weighted by Gasteiger charge is 2.21. The number of carbonyl (C=O) groups is 1. The van der Waals surface area contributed by atoms with Crippen molar-refractivity contribution in [1.82, 2.24) is 0 Å². The van der Waals surface area contributed by atoms with Crippen LogP contribution in [0, 0.1) is 0 Å². The van der Waals surface area contributed by atoms with E-state index in [2.05, 4.69) is 4.99 Å². The van der Waals surface area contributed by atoms with E-state index in [4.69, 9.17) is 0 Å². The number of aliphatic imine (C=N–C) groups is 1. The van der Waals surface area contributed by atoms with Crippen LogP contribution in [-0.4, -0.2) is 25.2 Å². The van der Waals surface area contributed by atoms with Crippen molar-refractivity contribution in [3.63, 3.8) is 0 Å². The first-order valence-corrected chi connectivity index (χ1v) is 7.23. The fourth-order valence-electron chi connectivity index (χ4n) is 2.28. The minimum atomic E-state index is 0.0124. The van der Waals surface area contributed by atoms with Crippen molar-refractivity contribution in [1.29, 1.82) is 0 Å². The lowest BCUT2D eigenvalue weighted by molar-refractivity contribution is -0.116. The van der Waals surface area contributed by atoms with Crippen molar-refractivity contribution in [2.75, 3.05) is 18.5 Å². The van der Waals surface area contributed by atoms with Crippen LogP contribution < -0.4 is 4.90 Å². The molecule has 0 saturated carbocycles. The summed E-state index contributed by atoms with van der Waals surface area (Å²) >= 11 is 0. The molecular weight excluding hydrogens is 260 g/mol. The summed E-state index contributed by atoms with van der Waals surface area (Å²) in [4.78, 5) is 18.1. The maximum absolute atomic E-state index is 12.0. The molecule has 0 fully saturated rings. The summed E-state index contributed by atoms with van der Waals surface area (Å²) < 4.78 is 0. The standard InChI is InChI=1S/C16H14N2O.C2H6/c1-18-14-10-6-5-9-13(14)16(17-11-15(18)19)12-7-3-2-4-8-12;1-2/h2-10H,11H2,1H3;1-2H3. The topological polar surface area (TPSA) is 32.7 Å². The van der Waals surface area contributed by atoms with Gasteiger partial charge in [0.25, 0.3) is 0 Å². The fraction of sp³-hybridized carbons (Fsp3) is 0.222. The molecule has 0 saturated heterocycles. The van der Waals surface area contributed by atoms with E-state index in [0.29, 0.717) is 0 Å². The van der Waals surface area contributed by atoms with Crippen LogP contribution in [0.3, 0.4) is 0 Å². The number of para-hydroxylation sites is 1. The second-order valence-corrected chi connectivity index (χ2v) is 4.50. The van der Waals surface area contributed by atoms with Gasteiger partial charge in [-0.1, -0.05) is 62.4 Å². The molecule has 1 aliphatic rings. The van der Waals surface area contributed by atoms with Crippen molar-refractivity contribution >= 4 is 17.3 Å². The Hall–Kier alpha value is -2.42. The summed E-state index contributed by atoms with van der Waals surface area (Å²) in [5, 5.41) is 0. The van der Waals surface area contributed by atoms with E-state index in [1.165, 1.54) is 0 Å². The van der Waals surface area contributed by atoms with Crippen LogP contribution in [0.2, 0.25) is 0 Å². The molecule has 1 heterocycles. The van der Waals surface area contributed by atoms with Crippen molar-refractivity contribution in [3.05, 3.63) is 65.7 Å². The van der Waals surface area contributed by atoms with Gasteiger partial charge in [-0.25, -0.2) is 0 Å². The van der Waals surface area contributed by atoms with Crippen molar-refractivity contribution in [3.8, 4) is 0 Å². The minimum Gasteiger partial charge on any atom is -0.313 e. The van der Waals surface area contributed by atoms with Gasteiger partial charge >= 0.3 is 0 Å². The first-order valence-electron chi connectivity index (χ1n) is 7.23. The van der Waals surface area contributed by atoms with E-state index in [9.17, 15) is 4.79 Å². The van der Waals surface area contributed by atoms with Crippen LogP contribution >= 0.6 is 0 Å². The van der Waals surface area contributed by atoms with Gasteiger partial charge in [0.15, 0.2) is 0 Å². The van der Waals surface area contributed by atoms with E-state index >= 15 is 0 Å². The Morgan fingerprint density at radius 1 is 0.952 bits per heavy atom. The summed E-state index contributed by atoms with van der Waals surface area (Å²) in [6.45, 7) is 4.19. The lowest BCUT2D eigenvalue weighted by Gasteiger charge is -2.17. The number of anilines is 1. The SMILES string of the molecule is CC.CN1C(=O)CN=C(c2ccccc2)c2ccccc21. The number of nitrogens with zero attached hydrogens (tertiary/aromatic N) is 2. The summed E-state index contributed by atoms with van der Waals surface area (Å²) in [5.41, 5.74) is 3.83. The van der Waals surface area contributed by atoms with Gasteiger partial charge in [0.05, 0.1) is 11.4 Å². The third kappa shape index (κ3) is 3.02. The van der Waals surface area contributed by atoms with E-state index in [-0.39, 0.29) is 12.5 Å². The number of hydrogen-bond acceptors (Lipinski definition) is 2. The zero-order valence-corrected chi connectivity index (χ0v) is 12.7. The Morgan fingerprint density at radius 3 is 2.29 bits per heavy atom. The Kier molecular flexibility index (Phi) is 4.88. The number of carbonyl (C=O) groups excluding carboxylic acids is 1. The van der Waals surface area contributed by atoms with Crippen LogP contribution in [-0.2, 0) is 4.79 Å². The van der Waals surface area contributed by atoms with Crippen LogP contribution in [0.15, 0.2) is 59.6 Å². The smallest absolute Gasteiger partial charge is 0.248 e. The van der Waals surface area contributed by atoms with Crippen molar-refractivity contribution in [2.24, 2.45) is 4.99 Å². The van der Waals surface area contributed by atoms with Crippen molar-refractivity contribution < 1.29 is 4.79 Å². The van der Waals surface area contributed by atoms with E-state index < -0.39 is 0 Å². The van der Waals surface area contributed by atoms with E-state index in [0.717, 1.165) is 22.5 Å². The quantitative estimate of drug-likeness (QED) is 0.786. The number of benzene rings is 2. The molecule has 0 spiro atoms. The van der Waals surface area contributed by atoms with Crippen LogP contribution in [0.1, 0.15) is 25.0 Å². The van der Waals surface area contributed by atoms with E-state index in [1.807, 2.05) is 68.4 Å². The predicted molar refractivity (Wildman–Crippen MR) is 88.1 cm³/mol. The maximum atomic E-state index is 12.0. The van der Waals surface area contributed by atoms with Gasteiger partial charge in [0, 0.05) is 18.2 Å². The molecule has 3 rings (SSSR count). The number of rotatable bonds is 1. The van der Waals surface area contributed by atoms with Gasteiger partial charge in [0.2, 0.25) is 5.91 Å². The Labute approximate surface area is 125 Å². The highest BCUT2D eigenvalue weighted by atomic mass is 16.2. The lowest BCUT2D eigenvalue weighted by atomic mass is 10.0. The number of hydrogen-bond donors (Lipinski definition) is 0. The molecule has 0 aromatic heterocycles. The van der Waals surface area contributed by atoms with Crippen LogP contribution in [0.4, 0.5) is 5.69 Å². The Morgan fingerprint density at radius 2 is 1.57 bits per heavy atom. The second kappa shape index (κ2) is 6.84. The number of amides is 1. The van der Waals surface area contributed by atoms with Crippen LogP contribution in [0.5, 0.6) is 0 Å². The zero-order valence-electron chi connectivity index (χ0n) is 12.7. The first-order chi connectivity index (χ1) is 10.3. The average molecular weight is 280 g/mol. The number of fused-ring (bicyclic) bond motifs is 1. The monoisotopic (exact) mass is 280 g/mol. The molecule has 1 aliphatic heterocycles. The molecule has 0 unspecified atom stereocenters. The van der Waals surface area contributed by atoms with Gasteiger partial charge in [-0.15, -0.1) is 0 Å². The van der Waals surface area contributed by atoms with Crippen LogP contribution in [0.25, 0.3) is 0 Å². The lowest BCUT2D eigenvalue weighted by Crippen LogP contribution is -2.27. The molecule has 2 aromatic rings. The van der Waals surface area contributed by atoms with Gasteiger partial charge in [-0.3, -0.25) is 9.79 Å². The Bertz CT molecular complexity index is 647. The zero-order chi connectivity index (χ0) is 15.2. The van der Waals surface area contributed by atoms with Gasteiger partial charge in [-0.2, -0.15) is 0 Å². The number of likely N-dealkylation sites (N-methyl/N-ethyl adjacent to an activating group) is 1. The largest absolute Gasteiger partial charge is 0.313 e. The van der Waals surface area contributed by atoms with E-state index in [1.54, 1.807) is 11.9 Å². The first kappa shape index (κ1) is 15.0. The molecule has 3 heteroatoms. The average Bonchev–Trinajstić information content (AvgIpc) is 2.69. The molecule has 3 nitrogen and oxygen atoms in total. The highest BCUT2D eigenvalue weighted by Crippen LogP contribution is 2.25. The summed E-state index contributed by atoms with van der Waals surface area (Å²) in [6.07, 6.45) is 0. The molecule has 0 bridgehead atoms. The van der Waals surface area contributed by atoms with Gasteiger partial charge in [0.1, 0.15) is 6.54 Å². The molecule has 0 atom stereocenters. The fourth-order valence-corrected chi connectivity index (χ4v) is 2.28. The summed E-state index contributed by atoms with van der Waals surface area (Å²) in [5.74, 6) is 0.0124. The molecule has 0 N–H and O–H groups in total. The van der Waals surface area contributed by atoms with Gasteiger partial charge < -0.3 is 4.90 Å². The van der Waals surface area contributed by atoms with Gasteiger partial charge in [-0.05, 0) is 6.07 Å². The molecule has 1 amide bonds. The second-order valence-electron chi connectivity index (χ2n) is 4.50. The normalized spacial score (nSPS) is 13.6. The highest BCUT2D eigenvalue weighted by molar-refractivity contribution is 6.19. The molecule has 108 valence electrons. The maximum Gasteiger partial charge on any atom is 0.248 e. The number of benzodiazepines with no additional fused rings is 1. The minimum absolute atomic E-state index is 0.0124.